The minimum atomic E-state index is -0.649. The number of rotatable bonds is 0. The van der Waals surface area contributed by atoms with E-state index in [1.165, 1.54) is 0 Å². The van der Waals surface area contributed by atoms with E-state index in [9.17, 15) is 8.78 Å². The number of hydrogen-bond donors (Lipinski definition) is 1. The van der Waals surface area contributed by atoms with Crippen molar-refractivity contribution >= 4 is 28.3 Å². The van der Waals surface area contributed by atoms with Crippen LogP contribution >= 0.6 is 22.6 Å². The Kier molecular flexibility index (Phi) is 3.28. The topological polar surface area (TPSA) is 26.0 Å². The third-order valence-corrected chi connectivity index (χ3v) is 3.29. The lowest BCUT2D eigenvalue weighted by molar-refractivity contribution is 0.533. The monoisotopic (exact) mass is 325 g/mol. The molecule has 0 aliphatic heterocycles. The summed E-state index contributed by atoms with van der Waals surface area (Å²) in [6, 6.07) is 0. The molecule has 0 spiro atoms. The quantitative estimate of drug-likeness (QED) is 0.439. The zero-order chi connectivity index (χ0) is 12.0. The summed E-state index contributed by atoms with van der Waals surface area (Å²) in [5, 5.41) is 0. The van der Waals surface area contributed by atoms with Gasteiger partial charge in [-0.1, -0.05) is 20.8 Å². The van der Waals surface area contributed by atoms with Crippen LogP contribution in [0.1, 0.15) is 31.9 Å². The maximum atomic E-state index is 13.7. The lowest BCUT2D eigenvalue weighted by atomic mass is 9.82. The van der Waals surface area contributed by atoms with Crippen molar-refractivity contribution in [2.45, 2.75) is 33.1 Å². The highest BCUT2D eigenvalue weighted by Gasteiger charge is 2.26. The fourth-order valence-corrected chi connectivity index (χ4v) is 2.46. The van der Waals surface area contributed by atoms with Gasteiger partial charge in [0.2, 0.25) is 0 Å². The molecule has 0 amide bonds. The third kappa shape index (κ3) is 2.09. The number of halogens is 3. The van der Waals surface area contributed by atoms with Gasteiger partial charge in [-0.05, 0) is 46.1 Å². The van der Waals surface area contributed by atoms with Gasteiger partial charge >= 0.3 is 0 Å². The molecule has 0 saturated heterocycles. The molecule has 0 aliphatic rings. The average Bonchev–Trinajstić information content (AvgIpc) is 2.09. The fourth-order valence-electron chi connectivity index (χ4n) is 1.77. The van der Waals surface area contributed by atoms with Crippen molar-refractivity contribution in [1.82, 2.24) is 0 Å². The number of anilines is 1. The van der Waals surface area contributed by atoms with Crippen molar-refractivity contribution in [3.63, 3.8) is 0 Å². The van der Waals surface area contributed by atoms with Crippen molar-refractivity contribution in [2.75, 3.05) is 5.73 Å². The Labute approximate surface area is 102 Å². The van der Waals surface area contributed by atoms with Crippen LogP contribution in [-0.4, -0.2) is 0 Å². The van der Waals surface area contributed by atoms with E-state index in [0.717, 1.165) is 0 Å². The van der Waals surface area contributed by atoms with E-state index < -0.39 is 11.6 Å². The Morgan fingerprint density at radius 3 is 2.00 bits per heavy atom. The van der Waals surface area contributed by atoms with E-state index in [2.05, 4.69) is 0 Å². The molecule has 0 atom stereocenters. The first-order chi connectivity index (χ1) is 6.68. The van der Waals surface area contributed by atoms with Gasteiger partial charge in [-0.15, -0.1) is 0 Å². The largest absolute Gasteiger partial charge is 0.396 e. The van der Waals surface area contributed by atoms with Crippen LogP contribution in [0.3, 0.4) is 0 Å². The molecule has 1 aromatic carbocycles. The molecular weight excluding hydrogens is 311 g/mol. The predicted molar refractivity (Wildman–Crippen MR) is 66.9 cm³/mol. The standard InChI is InChI=1S/C11H14F2IN/c1-5-6(11(2,3)4)10(15)8(13)9(14)7(5)12/h15H2,1-4H3. The molecule has 4 heteroatoms. The summed E-state index contributed by atoms with van der Waals surface area (Å²) >= 11 is 1.63. The smallest absolute Gasteiger partial charge is 0.162 e. The van der Waals surface area contributed by atoms with Crippen LogP contribution in [0.2, 0.25) is 0 Å². The molecule has 0 aliphatic carbocycles. The zero-order valence-electron chi connectivity index (χ0n) is 9.21. The first kappa shape index (κ1) is 12.7. The summed E-state index contributed by atoms with van der Waals surface area (Å²) in [5.74, 6) is -1.16. The first-order valence-corrected chi connectivity index (χ1v) is 5.68. The number of hydrogen-bond acceptors (Lipinski definition) is 1. The molecule has 1 rings (SSSR count). The van der Waals surface area contributed by atoms with Crippen molar-refractivity contribution in [3.05, 3.63) is 26.3 Å². The summed E-state index contributed by atoms with van der Waals surface area (Å²) in [4.78, 5) is 0. The maximum absolute atomic E-state index is 13.7. The third-order valence-electron chi connectivity index (χ3n) is 2.35. The average molecular weight is 325 g/mol. The Morgan fingerprint density at radius 1 is 1.13 bits per heavy atom. The highest BCUT2D eigenvalue weighted by atomic mass is 127. The first-order valence-electron chi connectivity index (χ1n) is 4.61. The molecular formula is C11H14F2IN. The number of nitrogens with two attached hydrogens (primary N) is 1. The second-order valence-electron chi connectivity index (χ2n) is 4.61. The maximum Gasteiger partial charge on any atom is 0.162 e. The van der Waals surface area contributed by atoms with Crippen molar-refractivity contribution in [2.24, 2.45) is 0 Å². The van der Waals surface area contributed by atoms with Crippen molar-refractivity contribution < 1.29 is 8.78 Å². The van der Waals surface area contributed by atoms with Crippen LogP contribution < -0.4 is 5.73 Å². The SMILES string of the molecule is Cc1c(F)c(I)c(F)c(N)c1C(C)(C)C. The van der Waals surface area contributed by atoms with E-state index in [1.807, 2.05) is 20.8 Å². The van der Waals surface area contributed by atoms with Gasteiger partial charge in [0.05, 0.1) is 9.26 Å². The molecule has 0 radical (unpaired) electrons. The van der Waals surface area contributed by atoms with Crippen LogP contribution in [0.4, 0.5) is 14.5 Å². The van der Waals surface area contributed by atoms with Crippen LogP contribution in [0.5, 0.6) is 0 Å². The van der Waals surface area contributed by atoms with Crippen LogP contribution in [0.25, 0.3) is 0 Å². The fraction of sp³-hybridized carbons (Fsp3) is 0.455. The summed E-state index contributed by atoms with van der Waals surface area (Å²) in [6.07, 6.45) is 0. The lowest BCUT2D eigenvalue weighted by Gasteiger charge is -2.25. The highest BCUT2D eigenvalue weighted by Crippen LogP contribution is 2.36. The van der Waals surface area contributed by atoms with E-state index in [1.54, 1.807) is 29.5 Å². The Balaban J connectivity index is 3.68. The van der Waals surface area contributed by atoms with E-state index >= 15 is 0 Å². The molecule has 1 nitrogen and oxygen atoms in total. The van der Waals surface area contributed by atoms with Gasteiger partial charge in [0.15, 0.2) is 5.82 Å². The predicted octanol–water partition coefficient (Wildman–Crippen LogP) is 3.76. The minimum Gasteiger partial charge on any atom is -0.396 e. The normalized spacial score (nSPS) is 11.9. The molecule has 0 fully saturated rings. The van der Waals surface area contributed by atoms with Crippen LogP contribution in [0, 0.1) is 22.1 Å². The van der Waals surface area contributed by atoms with Gasteiger partial charge in [0.1, 0.15) is 5.82 Å². The second-order valence-corrected chi connectivity index (χ2v) is 5.68. The van der Waals surface area contributed by atoms with Gasteiger partial charge in [-0.25, -0.2) is 8.78 Å². The van der Waals surface area contributed by atoms with Gasteiger partial charge in [0, 0.05) is 0 Å². The van der Waals surface area contributed by atoms with E-state index in [4.69, 9.17) is 5.73 Å². The number of benzene rings is 1. The van der Waals surface area contributed by atoms with Gasteiger partial charge in [-0.3, -0.25) is 0 Å². The highest BCUT2D eigenvalue weighted by molar-refractivity contribution is 14.1. The molecule has 2 N–H and O–H groups in total. The van der Waals surface area contributed by atoms with Gasteiger partial charge < -0.3 is 5.73 Å². The molecule has 0 unspecified atom stereocenters. The second kappa shape index (κ2) is 3.88. The van der Waals surface area contributed by atoms with Crippen molar-refractivity contribution in [1.29, 1.82) is 0 Å². The van der Waals surface area contributed by atoms with Gasteiger partial charge in [0.25, 0.3) is 0 Å². The zero-order valence-corrected chi connectivity index (χ0v) is 11.4. The molecule has 0 saturated carbocycles. The van der Waals surface area contributed by atoms with Crippen LogP contribution in [-0.2, 0) is 5.41 Å². The molecule has 0 bridgehead atoms. The molecule has 15 heavy (non-hydrogen) atoms. The molecule has 0 heterocycles. The summed E-state index contributed by atoms with van der Waals surface area (Å²) < 4.78 is 27.2. The molecule has 1 aromatic rings. The summed E-state index contributed by atoms with van der Waals surface area (Å²) in [6.45, 7) is 7.29. The Morgan fingerprint density at radius 2 is 1.60 bits per heavy atom. The molecule has 0 aromatic heterocycles. The van der Waals surface area contributed by atoms with Gasteiger partial charge in [-0.2, -0.15) is 0 Å². The Bertz CT molecular complexity index is 379. The van der Waals surface area contributed by atoms with E-state index in [0.29, 0.717) is 11.1 Å². The minimum absolute atomic E-state index is 0.0319. The molecule has 84 valence electrons. The summed E-state index contributed by atoms with van der Waals surface area (Å²) in [5.41, 5.74) is 6.38. The lowest BCUT2D eigenvalue weighted by Crippen LogP contribution is -2.19. The van der Waals surface area contributed by atoms with Crippen LogP contribution in [0.15, 0.2) is 0 Å². The Hall–Kier alpha value is -0.390. The van der Waals surface area contributed by atoms with E-state index in [-0.39, 0.29) is 14.7 Å². The number of nitrogen functional groups attached to an aromatic ring is 1. The summed E-state index contributed by atoms with van der Waals surface area (Å²) in [7, 11) is 0. The van der Waals surface area contributed by atoms with Crippen molar-refractivity contribution in [3.8, 4) is 0 Å².